The molecule has 1 unspecified atom stereocenters. The van der Waals surface area contributed by atoms with Gasteiger partial charge in [-0.1, -0.05) is 25.1 Å². The van der Waals surface area contributed by atoms with Crippen molar-refractivity contribution in [2.75, 3.05) is 23.1 Å². The van der Waals surface area contributed by atoms with E-state index in [4.69, 9.17) is 4.74 Å². The number of nitrogens with zero attached hydrogens (tertiary/aromatic N) is 1. The first-order chi connectivity index (χ1) is 11.6. The summed E-state index contributed by atoms with van der Waals surface area (Å²) < 4.78 is 4.71. The average molecular weight is 362 g/mol. The molecular formula is C17H18N2O3S2. The molecule has 1 aliphatic rings. The number of hydrogen-bond acceptors (Lipinski definition) is 6. The lowest BCUT2D eigenvalue weighted by Crippen LogP contribution is -2.47. The predicted octanol–water partition coefficient (Wildman–Crippen LogP) is 3.57. The molecule has 2 aromatic rings. The molecule has 0 spiro atoms. The maximum absolute atomic E-state index is 13.0. The number of aryl methyl sites for hydroxylation is 1. The largest absolute Gasteiger partial charge is 0.468 e. The number of anilines is 2. The van der Waals surface area contributed by atoms with E-state index in [0.29, 0.717) is 5.56 Å². The molecule has 0 bridgehead atoms. The Bertz CT molecular complexity index is 746. The van der Waals surface area contributed by atoms with Crippen molar-refractivity contribution in [1.29, 1.82) is 0 Å². The van der Waals surface area contributed by atoms with Crippen LogP contribution in [0.5, 0.6) is 0 Å². The average Bonchev–Trinajstić information content (AvgIpc) is 3.04. The Morgan fingerprint density at radius 3 is 2.79 bits per heavy atom. The number of esters is 1. The maximum atomic E-state index is 13.0. The van der Waals surface area contributed by atoms with E-state index in [9.17, 15) is 9.59 Å². The number of fused-ring (bicyclic) bond motifs is 1. The van der Waals surface area contributed by atoms with Crippen molar-refractivity contribution in [1.82, 2.24) is 0 Å². The molecule has 1 aromatic heterocycles. The smallest absolute Gasteiger partial charge is 0.315 e. The van der Waals surface area contributed by atoms with E-state index in [2.05, 4.69) is 12.2 Å². The van der Waals surface area contributed by atoms with Crippen molar-refractivity contribution in [3.05, 3.63) is 46.8 Å². The maximum Gasteiger partial charge on any atom is 0.315 e. The number of hydrogen-bond donors (Lipinski definition) is 1. The highest BCUT2D eigenvalue weighted by Crippen LogP contribution is 2.38. The van der Waals surface area contributed by atoms with Crippen LogP contribution in [0, 0.1) is 0 Å². The Labute approximate surface area is 149 Å². The standard InChI is InChI=1S/C17H18N2O3S2/c1-3-12-9-13-15(24-12)18-17(23-10-14(20)22-2)19(16(13)21)11-7-5-4-6-8-11/h4-9,17-18H,3,10H2,1-2H3. The Balaban J connectivity index is 1.94. The zero-order valence-corrected chi connectivity index (χ0v) is 15.1. The molecule has 0 radical (unpaired) electrons. The lowest BCUT2D eigenvalue weighted by Gasteiger charge is -2.35. The molecule has 0 saturated carbocycles. The number of methoxy groups -OCH3 is 1. The molecule has 0 saturated heterocycles. The SMILES string of the molecule is CCc1cc2c(s1)NC(SCC(=O)OC)N(c1ccccc1)C2=O. The number of rotatable bonds is 5. The molecule has 1 amide bonds. The molecule has 7 heteroatoms. The normalized spacial score (nSPS) is 16.5. The van der Waals surface area contributed by atoms with Crippen LogP contribution < -0.4 is 10.2 Å². The van der Waals surface area contributed by atoms with E-state index < -0.39 is 0 Å². The van der Waals surface area contributed by atoms with Crippen LogP contribution in [0.1, 0.15) is 22.2 Å². The second-order valence-electron chi connectivity index (χ2n) is 5.20. The first kappa shape index (κ1) is 16.9. The van der Waals surface area contributed by atoms with Gasteiger partial charge >= 0.3 is 5.97 Å². The van der Waals surface area contributed by atoms with Crippen molar-refractivity contribution < 1.29 is 14.3 Å². The van der Waals surface area contributed by atoms with Gasteiger partial charge in [-0.25, -0.2) is 0 Å². The number of thioether (sulfide) groups is 1. The summed E-state index contributed by atoms with van der Waals surface area (Å²) in [6.45, 7) is 2.07. The molecule has 1 aromatic carbocycles. The first-order valence-corrected chi connectivity index (χ1v) is 9.46. The minimum Gasteiger partial charge on any atom is -0.468 e. The third-order valence-electron chi connectivity index (χ3n) is 3.69. The van der Waals surface area contributed by atoms with Crippen LogP contribution >= 0.6 is 23.1 Å². The number of thiophene rings is 1. The minimum atomic E-state index is -0.352. The van der Waals surface area contributed by atoms with Gasteiger partial charge in [-0.15, -0.1) is 23.1 Å². The van der Waals surface area contributed by atoms with Gasteiger partial charge in [-0.05, 0) is 24.6 Å². The summed E-state index contributed by atoms with van der Waals surface area (Å²) in [6.07, 6.45) is 0.887. The Kier molecular flexibility index (Phi) is 5.11. The summed E-state index contributed by atoms with van der Waals surface area (Å²) in [5, 5.41) is 4.26. The molecule has 0 fully saturated rings. The Morgan fingerprint density at radius 2 is 2.12 bits per heavy atom. The van der Waals surface area contributed by atoms with Crippen LogP contribution in [0.15, 0.2) is 36.4 Å². The molecule has 3 rings (SSSR count). The van der Waals surface area contributed by atoms with Gasteiger partial charge < -0.3 is 10.1 Å². The summed E-state index contributed by atoms with van der Waals surface area (Å²) in [5.41, 5.74) is 1.14. The van der Waals surface area contributed by atoms with E-state index in [0.717, 1.165) is 22.0 Å². The number of ether oxygens (including phenoxy) is 1. The van der Waals surface area contributed by atoms with Crippen molar-refractivity contribution in [3.8, 4) is 0 Å². The predicted molar refractivity (Wildman–Crippen MR) is 98.8 cm³/mol. The van der Waals surface area contributed by atoms with E-state index >= 15 is 0 Å². The molecular weight excluding hydrogens is 344 g/mol. The third kappa shape index (κ3) is 3.27. The quantitative estimate of drug-likeness (QED) is 0.824. The zero-order chi connectivity index (χ0) is 17.1. The Hall–Kier alpha value is -1.99. The van der Waals surface area contributed by atoms with Crippen molar-refractivity contribution >= 4 is 45.7 Å². The summed E-state index contributed by atoms with van der Waals surface area (Å²) in [5.74, 6) is -0.187. The lowest BCUT2D eigenvalue weighted by atomic mass is 10.2. The van der Waals surface area contributed by atoms with Crippen LogP contribution in [-0.4, -0.2) is 30.2 Å². The number of para-hydroxylation sites is 1. The second-order valence-corrected chi connectivity index (χ2v) is 7.41. The van der Waals surface area contributed by atoms with Gasteiger partial charge in [0.15, 0.2) is 5.50 Å². The number of benzene rings is 1. The molecule has 1 N–H and O–H groups in total. The molecule has 24 heavy (non-hydrogen) atoms. The number of amides is 1. The van der Waals surface area contributed by atoms with Gasteiger partial charge in [0.2, 0.25) is 0 Å². The monoisotopic (exact) mass is 362 g/mol. The first-order valence-electron chi connectivity index (χ1n) is 7.60. The molecule has 1 atom stereocenters. The van der Waals surface area contributed by atoms with Crippen LogP contribution in [0.4, 0.5) is 10.7 Å². The fraction of sp³-hybridized carbons (Fsp3) is 0.294. The van der Waals surface area contributed by atoms with Crippen LogP contribution in [-0.2, 0) is 16.0 Å². The fourth-order valence-corrected chi connectivity index (χ4v) is 4.52. The second kappa shape index (κ2) is 7.27. The molecule has 1 aliphatic heterocycles. The van der Waals surface area contributed by atoms with Gasteiger partial charge in [0.1, 0.15) is 5.00 Å². The van der Waals surface area contributed by atoms with Crippen molar-refractivity contribution in [2.45, 2.75) is 18.8 Å². The van der Waals surface area contributed by atoms with Gasteiger partial charge in [-0.2, -0.15) is 0 Å². The number of nitrogens with one attached hydrogen (secondary N) is 1. The van der Waals surface area contributed by atoms with Crippen LogP contribution in [0.25, 0.3) is 0 Å². The molecule has 2 heterocycles. The van der Waals surface area contributed by atoms with Crippen LogP contribution in [0.2, 0.25) is 0 Å². The van der Waals surface area contributed by atoms with Crippen LogP contribution in [0.3, 0.4) is 0 Å². The molecule has 126 valence electrons. The summed E-state index contributed by atoms with van der Waals surface area (Å²) in [6, 6.07) is 11.4. The van der Waals surface area contributed by atoms with Crippen molar-refractivity contribution in [3.63, 3.8) is 0 Å². The third-order valence-corrected chi connectivity index (χ3v) is 5.95. The highest BCUT2D eigenvalue weighted by Gasteiger charge is 2.35. The van der Waals surface area contributed by atoms with Gasteiger partial charge in [-0.3, -0.25) is 14.5 Å². The highest BCUT2D eigenvalue weighted by atomic mass is 32.2. The van der Waals surface area contributed by atoms with Gasteiger partial charge in [0.25, 0.3) is 5.91 Å². The van der Waals surface area contributed by atoms with E-state index in [1.54, 1.807) is 16.2 Å². The Morgan fingerprint density at radius 1 is 1.38 bits per heavy atom. The van der Waals surface area contributed by atoms with Gasteiger partial charge in [0.05, 0.1) is 18.4 Å². The summed E-state index contributed by atoms with van der Waals surface area (Å²) >= 11 is 2.94. The van der Waals surface area contributed by atoms with E-state index in [-0.39, 0.29) is 23.1 Å². The van der Waals surface area contributed by atoms with Crippen molar-refractivity contribution in [2.24, 2.45) is 0 Å². The number of carbonyl (C=O) groups is 2. The van der Waals surface area contributed by atoms with E-state index in [1.807, 2.05) is 36.4 Å². The number of carbonyl (C=O) groups excluding carboxylic acids is 2. The lowest BCUT2D eigenvalue weighted by molar-refractivity contribution is -0.137. The highest BCUT2D eigenvalue weighted by molar-refractivity contribution is 8.00. The molecule has 5 nitrogen and oxygen atoms in total. The minimum absolute atomic E-state index is 0.0479. The van der Waals surface area contributed by atoms with Gasteiger partial charge in [0, 0.05) is 10.6 Å². The molecule has 0 aliphatic carbocycles. The summed E-state index contributed by atoms with van der Waals surface area (Å²) in [4.78, 5) is 27.4. The fourth-order valence-electron chi connectivity index (χ4n) is 2.46. The van der Waals surface area contributed by atoms with E-state index in [1.165, 1.54) is 18.9 Å². The zero-order valence-electron chi connectivity index (χ0n) is 13.4. The topological polar surface area (TPSA) is 58.6 Å². The summed E-state index contributed by atoms with van der Waals surface area (Å²) in [7, 11) is 1.36.